The van der Waals surface area contributed by atoms with Crippen LogP contribution in [0.4, 0.5) is 0 Å². The first kappa shape index (κ1) is 16.4. The zero-order valence-corrected chi connectivity index (χ0v) is 13.7. The van der Waals surface area contributed by atoms with Crippen molar-refractivity contribution in [2.45, 2.75) is 20.4 Å². The molecule has 2 N–H and O–H groups in total. The number of allylic oxidation sites excluding steroid dienone is 2. The van der Waals surface area contributed by atoms with E-state index in [9.17, 15) is 13.2 Å². The molecule has 1 aliphatic rings. The summed E-state index contributed by atoms with van der Waals surface area (Å²) in [4.78, 5) is 20.9. The van der Waals surface area contributed by atoms with Gasteiger partial charge in [-0.05, 0) is 13.8 Å². The molecule has 0 saturated carbocycles. The lowest BCUT2D eigenvalue weighted by molar-refractivity contribution is 0.102. The number of aromatic nitrogens is 2. The summed E-state index contributed by atoms with van der Waals surface area (Å²) in [6, 6.07) is 0. The van der Waals surface area contributed by atoms with Crippen molar-refractivity contribution in [2.24, 2.45) is 10.7 Å². The molecule has 0 amide bonds. The molecule has 1 aromatic rings. The quantitative estimate of drug-likeness (QED) is 0.779. The molecule has 22 heavy (non-hydrogen) atoms. The van der Waals surface area contributed by atoms with E-state index in [0.29, 0.717) is 28.5 Å². The lowest BCUT2D eigenvalue weighted by Crippen LogP contribution is -2.28. The minimum Gasteiger partial charge on any atom is -0.395 e. The van der Waals surface area contributed by atoms with Crippen molar-refractivity contribution in [1.29, 1.82) is 0 Å². The summed E-state index contributed by atoms with van der Waals surface area (Å²) >= 11 is 0. The van der Waals surface area contributed by atoms with Crippen molar-refractivity contribution in [3.63, 3.8) is 0 Å². The van der Waals surface area contributed by atoms with Gasteiger partial charge in [-0.2, -0.15) is 8.42 Å². The smallest absolute Gasteiger partial charge is 0.264 e. The van der Waals surface area contributed by atoms with Crippen LogP contribution in [0.25, 0.3) is 0 Å². The third-order valence-electron chi connectivity index (χ3n) is 3.44. The Hall–Kier alpha value is -2.00. The molecule has 0 radical (unpaired) electrons. The molecule has 120 valence electrons. The number of rotatable bonds is 4. The Labute approximate surface area is 128 Å². The lowest BCUT2D eigenvalue weighted by atomic mass is 9.95. The maximum absolute atomic E-state index is 12.4. The van der Waals surface area contributed by atoms with E-state index in [1.807, 2.05) is 0 Å². The first-order valence-electron chi connectivity index (χ1n) is 6.57. The van der Waals surface area contributed by atoms with E-state index >= 15 is 0 Å². The summed E-state index contributed by atoms with van der Waals surface area (Å²) in [5.41, 5.74) is 7.93. The largest absolute Gasteiger partial charge is 0.395 e. The highest BCUT2D eigenvalue weighted by Gasteiger charge is 2.32. The van der Waals surface area contributed by atoms with E-state index in [4.69, 9.17) is 9.92 Å². The monoisotopic (exact) mass is 326 g/mol. The van der Waals surface area contributed by atoms with Gasteiger partial charge in [-0.1, -0.05) is 0 Å². The fourth-order valence-corrected chi connectivity index (χ4v) is 2.77. The van der Waals surface area contributed by atoms with Crippen LogP contribution in [0.1, 0.15) is 28.9 Å². The van der Waals surface area contributed by atoms with Gasteiger partial charge in [0.2, 0.25) is 5.78 Å². The zero-order valence-electron chi connectivity index (χ0n) is 12.9. The second-order valence-electron chi connectivity index (χ2n) is 4.97. The fraction of sp³-hybridized carbons (Fsp3) is 0.462. The number of nitrogens with zero attached hydrogens (tertiary/aromatic N) is 3. The maximum atomic E-state index is 12.4. The average molecular weight is 326 g/mol. The molecule has 1 aromatic heterocycles. The van der Waals surface area contributed by atoms with Gasteiger partial charge in [0.05, 0.1) is 24.3 Å². The van der Waals surface area contributed by atoms with E-state index in [-0.39, 0.29) is 24.6 Å². The highest BCUT2D eigenvalue weighted by molar-refractivity contribution is 7.85. The Morgan fingerprint density at radius 1 is 1.36 bits per heavy atom. The number of ketones is 1. The van der Waals surface area contributed by atoms with E-state index < -0.39 is 10.1 Å². The summed E-state index contributed by atoms with van der Waals surface area (Å²) in [6.07, 6.45) is 0.973. The summed E-state index contributed by atoms with van der Waals surface area (Å²) in [6.45, 7) is 3.54. The molecule has 0 atom stereocenters. The minimum atomic E-state index is -3.54. The van der Waals surface area contributed by atoms with Crippen molar-refractivity contribution >= 4 is 21.6 Å². The van der Waals surface area contributed by atoms with Crippen LogP contribution in [0.2, 0.25) is 0 Å². The molecule has 0 fully saturated rings. The second kappa shape index (κ2) is 5.65. The van der Waals surface area contributed by atoms with Crippen molar-refractivity contribution in [3.05, 3.63) is 28.5 Å². The fourth-order valence-electron chi connectivity index (χ4n) is 2.39. The molecule has 8 nitrogen and oxygen atoms in total. The van der Waals surface area contributed by atoms with E-state index in [1.54, 1.807) is 25.5 Å². The van der Waals surface area contributed by atoms with Crippen molar-refractivity contribution < 1.29 is 17.4 Å². The standard InChI is InChI=1S/C13H18N4O4S/c1-7-9(14)13(18)12-11(10(7)15-3)16-8(2)17(12)5-6-21-22(4,19)20/h5-6,14H2,1-4H3. The molecule has 0 aromatic carbocycles. The van der Waals surface area contributed by atoms with Gasteiger partial charge in [0.15, 0.2) is 0 Å². The van der Waals surface area contributed by atoms with E-state index in [1.165, 1.54) is 0 Å². The molecule has 2 rings (SSSR count). The summed E-state index contributed by atoms with van der Waals surface area (Å²) in [5.74, 6) is 0.235. The molecule has 0 saturated heterocycles. The molecule has 1 heterocycles. The SMILES string of the molecule is CN=C1C(C)=C(N)C(=O)c2c1nc(C)n2CCOS(C)(=O)=O. The number of hydrogen-bond acceptors (Lipinski definition) is 7. The van der Waals surface area contributed by atoms with Gasteiger partial charge >= 0.3 is 0 Å². The summed E-state index contributed by atoms with van der Waals surface area (Å²) in [7, 11) is -1.93. The molecule has 9 heteroatoms. The summed E-state index contributed by atoms with van der Waals surface area (Å²) in [5, 5.41) is 0. The number of carbonyl (C=O) groups is 1. The summed E-state index contributed by atoms with van der Waals surface area (Å²) < 4.78 is 28.4. The van der Waals surface area contributed by atoms with Gasteiger partial charge in [0.1, 0.15) is 17.2 Å². The van der Waals surface area contributed by atoms with Crippen LogP contribution >= 0.6 is 0 Å². The van der Waals surface area contributed by atoms with Crippen molar-refractivity contribution in [1.82, 2.24) is 9.55 Å². The molecule has 1 aliphatic carbocycles. The van der Waals surface area contributed by atoms with Gasteiger partial charge in [-0.3, -0.25) is 14.0 Å². The van der Waals surface area contributed by atoms with E-state index in [2.05, 4.69) is 9.98 Å². The van der Waals surface area contributed by atoms with Crippen molar-refractivity contribution in [3.8, 4) is 0 Å². The van der Waals surface area contributed by atoms with Crippen LogP contribution in [-0.4, -0.2) is 49.4 Å². The second-order valence-corrected chi connectivity index (χ2v) is 6.62. The third kappa shape index (κ3) is 2.81. The number of imidazole rings is 1. The Balaban J connectivity index is 2.44. The maximum Gasteiger partial charge on any atom is 0.264 e. The minimum absolute atomic E-state index is 0.0864. The lowest BCUT2D eigenvalue weighted by Gasteiger charge is -2.17. The molecule has 0 spiro atoms. The Bertz CT molecular complexity index is 802. The van der Waals surface area contributed by atoms with Crippen LogP contribution in [0.3, 0.4) is 0 Å². The van der Waals surface area contributed by atoms with Crippen LogP contribution in [0.15, 0.2) is 16.3 Å². The molecular weight excluding hydrogens is 308 g/mol. The zero-order chi connectivity index (χ0) is 16.7. The molecule has 0 bridgehead atoms. The van der Waals surface area contributed by atoms with Gasteiger partial charge in [-0.15, -0.1) is 0 Å². The Morgan fingerprint density at radius 2 is 2.00 bits per heavy atom. The number of hydrogen-bond donors (Lipinski definition) is 1. The first-order valence-corrected chi connectivity index (χ1v) is 8.39. The van der Waals surface area contributed by atoms with Crippen LogP contribution in [-0.2, 0) is 20.8 Å². The van der Waals surface area contributed by atoms with Gasteiger partial charge in [-0.25, -0.2) is 4.98 Å². The van der Waals surface area contributed by atoms with Crippen molar-refractivity contribution in [2.75, 3.05) is 19.9 Å². The number of aryl methyl sites for hydroxylation is 1. The number of aliphatic imine (C=N–C) groups is 1. The topological polar surface area (TPSA) is 117 Å². The van der Waals surface area contributed by atoms with Gasteiger partial charge in [0, 0.05) is 19.2 Å². The molecule has 0 aliphatic heterocycles. The Kier molecular flexibility index (Phi) is 4.21. The highest BCUT2D eigenvalue weighted by Crippen LogP contribution is 2.25. The van der Waals surface area contributed by atoms with Crippen LogP contribution in [0.5, 0.6) is 0 Å². The third-order valence-corrected chi connectivity index (χ3v) is 4.03. The number of carbonyl (C=O) groups excluding carboxylic acids is 1. The normalized spacial score (nSPS) is 17.3. The number of Topliss-reactive ketones (excluding diaryl/α,β-unsaturated/α-hetero) is 1. The first-order chi connectivity index (χ1) is 10.2. The average Bonchev–Trinajstić information content (AvgIpc) is 2.73. The number of nitrogens with two attached hydrogens (primary N) is 1. The van der Waals surface area contributed by atoms with Gasteiger partial charge in [0.25, 0.3) is 10.1 Å². The highest BCUT2D eigenvalue weighted by atomic mass is 32.2. The van der Waals surface area contributed by atoms with Crippen LogP contribution < -0.4 is 5.73 Å². The van der Waals surface area contributed by atoms with E-state index in [0.717, 1.165) is 6.26 Å². The number of fused-ring (bicyclic) bond motifs is 1. The molecule has 0 unspecified atom stereocenters. The predicted molar refractivity (Wildman–Crippen MR) is 81.4 cm³/mol. The van der Waals surface area contributed by atoms with Gasteiger partial charge < -0.3 is 10.3 Å². The molecular formula is C13H18N4O4S. The Morgan fingerprint density at radius 3 is 2.55 bits per heavy atom. The predicted octanol–water partition coefficient (Wildman–Crippen LogP) is 0.0156. The van der Waals surface area contributed by atoms with Crippen LogP contribution in [0, 0.1) is 6.92 Å².